The molecule has 0 spiro atoms. The molecule has 152 valence electrons. The fraction of sp³-hybridized carbons (Fsp3) is 0.400. The molecule has 4 rings (SSSR count). The SMILES string of the molecule is CC(=O)Nc1cc2c(-c3cc(C)nc(C(C)(F)F)n3)cn(CC3CCO3)c2cn1. The Morgan fingerprint density at radius 3 is 2.76 bits per heavy atom. The zero-order valence-corrected chi connectivity index (χ0v) is 16.4. The van der Waals surface area contributed by atoms with E-state index in [1.165, 1.54) is 6.92 Å². The number of nitrogens with one attached hydrogen (secondary N) is 1. The Morgan fingerprint density at radius 2 is 2.14 bits per heavy atom. The van der Waals surface area contributed by atoms with Crippen molar-refractivity contribution in [1.82, 2.24) is 19.5 Å². The van der Waals surface area contributed by atoms with Crippen molar-refractivity contribution in [3.05, 3.63) is 36.0 Å². The molecule has 1 amide bonds. The molecule has 1 aliphatic rings. The van der Waals surface area contributed by atoms with Gasteiger partial charge in [-0.25, -0.2) is 15.0 Å². The molecule has 9 heteroatoms. The van der Waals surface area contributed by atoms with Crippen LogP contribution in [0.2, 0.25) is 0 Å². The first-order valence-corrected chi connectivity index (χ1v) is 9.33. The lowest BCUT2D eigenvalue weighted by Crippen LogP contribution is -2.30. The third-order valence-corrected chi connectivity index (χ3v) is 4.79. The van der Waals surface area contributed by atoms with Gasteiger partial charge in [0.15, 0.2) is 5.82 Å². The van der Waals surface area contributed by atoms with Gasteiger partial charge in [0, 0.05) is 49.8 Å². The molecule has 1 aliphatic heterocycles. The van der Waals surface area contributed by atoms with Gasteiger partial charge >= 0.3 is 5.92 Å². The maximum absolute atomic E-state index is 13.9. The summed E-state index contributed by atoms with van der Waals surface area (Å²) in [6.45, 7) is 5.20. The number of pyridine rings is 1. The maximum Gasteiger partial charge on any atom is 0.303 e. The Labute approximate surface area is 166 Å². The molecule has 0 aromatic carbocycles. The normalized spacial score (nSPS) is 16.7. The Kier molecular flexibility index (Phi) is 4.77. The summed E-state index contributed by atoms with van der Waals surface area (Å²) in [7, 11) is 0. The average Bonchev–Trinajstić information content (AvgIpc) is 2.94. The second-order valence-corrected chi connectivity index (χ2v) is 7.35. The van der Waals surface area contributed by atoms with Crippen molar-refractivity contribution in [1.29, 1.82) is 0 Å². The summed E-state index contributed by atoms with van der Waals surface area (Å²) in [5, 5.41) is 3.41. The van der Waals surface area contributed by atoms with E-state index in [0.29, 0.717) is 29.3 Å². The highest BCUT2D eigenvalue weighted by Crippen LogP contribution is 2.34. The number of carbonyl (C=O) groups is 1. The molecule has 1 unspecified atom stereocenters. The number of aryl methyl sites for hydroxylation is 1. The number of nitrogens with zero attached hydrogens (tertiary/aromatic N) is 4. The number of halogens is 2. The lowest BCUT2D eigenvalue weighted by Gasteiger charge is -2.27. The molecular weight excluding hydrogens is 380 g/mol. The molecule has 4 heterocycles. The molecule has 0 saturated carbocycles. The summed E-state index contributed by atoms with van der Waals surface area (Å²) < 4.78 is 35.3. The van der Waals surface area contributed by atoms with E-state index in [2.05, 4.69) is 20.3 Å². The lowest BCUT2D eigenvalue weighted by atomic mass is 10.1. The first-order chi connectivity index (χ1) is 13.7. The monoisotopic (exact) mass is 401 g/mol. The molecule has 7 nitrogen and oxygen atoms in total. The number of ether oxygens (including phenoxy) is 1. The van der Waals surface area contributed by atoms with Crippen molar-refractivity contribution in [3.8, 4) is 11.3 Å². The topological polar surface area (TPSA) is 81.9 Å². The number of amides is 1. The number of hydrogen-bond donors (Lipinski definition) is 1. The largest absolute Gasteiger partial charge is 0.376 e. The quantitative estimate of drug-likeness (QED) is 0.706. The van der Waals surface area contributed by atoms with E-state index in [0.717, 1.165) is 30.9 Å². The van der Waals surface area contributed by atoms with Crippen LogP contribution in [0.5, 0.6) is 0 Å². The van der Waals surface area contributed by atoms with Crippen LogP contribution in [0.1, 0.15) is 31.8 Å². The fourth-order valence-corrected chi connectivity index (χ4v) is 3.34. The van der Waals surface area contributed by atoms with E-state index in [4.69, 9.17) is 4.74 Å². The van der Waals surface area contributed by atoms with E-state index in [1.807, 2.05) is 10.8 Å². The standard InChI is InChI=1S/C20H21F2N5O2/c1-11-6-16(26-19(24-11)20(3,21)22)15-10-27(9-13-4-5-29-13)17-8-23-18(7-14(15)17)25-12(2)28/h6-8,10,13H,4-5,9H2,1-3H3,(H,23,25,28). The summed E-state index contributed by atoms with van der Waals surface area (Å²) in [4.78, 5) is 23.7. The van der Waals surface area contributed by atoms with Crippen LogP contribution >= 0.6 is 0 Å². The number of anilines is 1. The van der Waals surface area contributed by atoms with Crippen molar-refractivity contribution >= 4 is 22.6 Å². The number of hydrogen-bond acceptors (Lipinski definition) is 5. The smallest absolute Gasteiger partial charge is 0.303 e. The number of carbonyl (C=O) groups excluding carboxylic acids is 1. The molecule has 1 N–H and O–H groups in total. The van der Waals surface area contributed by atoms with Crippen LogP contribution in [0, 0.1) is 6.92 Å². The van der Waals surface area contributed by atoms with Gasteiger partial charge in [-0.15, -0.1) is 0 Å². The van der Waals surface area contributed by atoms with Gasteiger partial charge in [0.25, 0.3) is 0 Å². The predicted octanol–water partition coefficient (Wildman–Crippen LogP) is 3.66. The molecule has 1 atom stereocenters. The first kappa shape index (κ1) is 19.4. The van der Waals surface area contributed by atoms with Crippen molar-refractivity contribution < 1.29 is 18.3 Å². The van der Waals surface area contributed by atoms with Crippen LogP contribution in [0.4, 0.5) is 14.6 Å². The van der Waals surface area contributed by atoms with E-state index in [1.54, 1.807) is 25.3 Å². The molecule has 3 aromatic heterocycles. The number of rotatable bonds is 5. The lowest BCUT2D eigenvalue weighted by molar-refractivity contribution is -0.114. The zero-order chi connectivity index (χ0) is 20.8. The van der Waals surface area contributed by atoms with E-state index >= 15 is 0 Å². The van der Waals surface area contributed by atoms with Gasteiger partial charge in [-0.2, -0.15) is 8.78 Å². The third-order valence-electron chi connectivity index (χ3n) is 4.79. The van der Waals surface area contributed by atoms with Gasteiger partial charge in [0.05, 0.1) is 23.5 Å². The summed E-state index contributed by atoms with van der Waals surface area (Å²) >= 11 is 0. The highest BCUT2D eigenvalue weighted by atomic mass is 19.3. The highest BCUT2D eigenvalue weighted by molar-refractivity contribution is 5.98. The van der Waals surface area contributed by atoms with Gasteiger partial charge in [0.2, 0.25) is 5.91 Å². The minimum atomic E-state index is -3.15. The Balaban J connectivity index is 1.87. The summed E-state index contributed by atoms with van der Waals surface area (Å²) in [5.74, 6) is -3.53. The van der Waals surface area contributed by atoms with Crippen molar-refractivity contribution in [2.75, 3.05) is 11.9 Å². The zero-order valence-electron chi connectivity index (χ0n) is 16.4. The molecule has 0 aliphatic carbocycles. The van der Waals surface area contributed by atoms with E-state index < -0.39 is 11.7 Å². The molecule has 1 fully saturated rings. The number of fused-ring (bicyclic) bond motifs is 1. The Hall–Kier alpha value is -2.94. The highest BCUT2D eigenvalue weighted by Gasteiger charge is 2.29. The predicted molar refractivity (Wildman–Crippen MR) is 104 cm³/mol. The van der Waals surface area contributed by atoms with Crippen molar-refractivity contribution in [2.45, 2.75) is 45.8 Å². The molecule has 0 bridgehead atoms. The van der Waals surface area contributed by atoms with Gasteiger partial charge in [0.1, 0.15) is 5.82 Å². The van der Waals surface area contributed by atoms with Gasteiger partial charge in [-0.1, -0.05) is 0 Å². The Bertz CT molecular complexity index is 1090. The molecular formula is C20H21F2N5O2. The number of aromatic nitrogens is 4. The van der Waals surface area contributed by atoms with Crippen LogP contribution in [0.15, 0.2) is 24.5 Å². The average molecular weight is 401 g/mol. The second kappa shape index (κ2) is 7.14. The summed E-state index contributed by atoms with van der Waals surface area (Å²) in [6.07, 6.45) is 4.60. The van der Waals surface area contributed by atoms with E-state index in [-0.39, 0.29) is 12.0 Å². The molecule has 29 heavy (non-hydrogen) atoms. The number of alkyl halides is 2. The van der Waals surface area contributed by atoms with Crippen LogP contribution in [0.25, 0.3) is 22.2 Å². The van der Waals surface area contributed by atoms with Crippen LogP contribution < -0.4 is 5.32 Å². The molecule has 3 aromatic rings. The summed E-state index contributed by atoms with van der Waals surface area (Å²) in [6, 6.07) is 3.40. The van der Waals surface area contributed by atoms with Gasteiger partial charge < -0.3 is 14.6 Å². The summed E-state index contributed by atoms with van der Waals surface area (Å²) in [5.41, 5.74) is 2.33. The molecule has 1 saturated heterocycles. The minimum Gasteiger partial charge on any atom is -0.376 e. The maximum atomic E-state index is 13.9. The van der Waals surface area contributed by atoms with E-state index in [9.17, 15) is 13.6 Å². The van der Waals surface area contributed by atoms with Crippen LogP contribution in [-0.4, -0.2) is 38.1 Å². The van der Waals surface area contributed by atoms with Gasteiger partial charge in [-0.05, 0) is 25.5 Å². The first-order valence-electron chi connectivity index (χ1n) is 9.33. The van der Waals surface area contributed by atoms with Crippen LogP contribution in [0.3, 0.4) is 0 Å². The van der Waals surface area contributed by atoms with Crippen LogP contribution in [-0.2, 0) is 22.0 Å². The molecule has 0 radical (unpaired) electrons. The second-order valence-electron chi connectivity index (χ2n) is 7.35. The van der Waals surface area contributed by atoms with Gasteiger partial charge in [-0.3, -0.25) is 4.79 Å². The minimum absolute atomic E-state index is 0.108. The fourth-order valence-electron chi connectivity index (χ4n) is 3.34. The Morgan fingerprint density at radius 1 is 1.38 bits per heavy atom. The van der Waals surface area contributed by atoms with Crippen molar-refractivity contribution in [3.63, 3.8) is 0 Å². The van der Waals surface area contributed by atoms with Crippen molar-refractivity contribution in [2.24, 2.45) is 0 Å². The third kappa shape index (κ3) is 3.95.